The average Bonchev–Trinajstić information content (AvgIpc) is 3.33. The molecule has 2 aliphatic rings. The van der Waals surface area contributed by atoms with Crippen molar-refractivity contribution in [2.45, 2.75) is 46.1 Å². The highest BCUT2D eigenvalue weighted by atomic mass is 16.3. The van der Waals surface area contributed by atoms with Crippen molar-refractivity contribution in [3.63, 3.8) is 0 Å². The smallest absolute Gasteiger partial charge is 0.191 e. The minimum absolute atomic E-state index is 0.256. The molecule has 0 radical (unpaired) electrons. The molecule has 0 amide bonds. The molecular weight excluding hydrogens is 388 g/mol. The van der Waals surface area contributed by atoms with Crippen molar-refractivity contribution in [3.8, 4) is 0 Å². The molecule has 176 valence electrons. The topological polar surface area (TPSA) is 59.3 Å². The van der Waals surface area contributed by atoms with E-state index in [-0.39, 0.29) is 6.04 Å². The summed E-state index contributed by atoms with van der Waals surface area (Å²) in [7, 11) is 0. The molecule has 2 atom stereocenters. The first kappa shape index (κ1) is 24.1. The van der Waals surface area contributed by atoms with E-state index in [4.69, 9.17) is 9.41 Å². The van der Waals surface area contributed by atoms with Gasteiger partial charge in [0.15, 0.2) is 5.96 Å². The second-order valence-corrected chi connectivity index (χ2v) is 9.07. The van der Waals surface area contributed by atoms with E-state index in [1.54, 1.807) is 6.26 Å². The standard InChI is InChI=1S/C24H44N6O/c1-4-25-24(26-18-21(3)20-29-15-13-28(5-2)14-16-29)27-19-22(23-10-9-17-31-23)30-11-7-6-8-12-30/h9-10,17,21-22H,4-8,11-16,18-20H2,1-3H3,(H2,25,26,27). The van der Waals surface area contributed by atoms with Crippen LogP contribution in [-0.2, 0) is 0 Å². The van der Waals surface area contributed by atoms with Gasteiger partial charge in [-0.2, -0.15) is 0 Å². The van der Waals surface area contributed by atoms with Crippen molar-refractivity contribution in [2.75, 3.05) is 72.0 Å². The van der Waals surface area contributed by atoms with Crippen molar-refractivity contribution >= 4 is 5.96 Å². The van der Waals surface area contributed by atoms with Crippen LogP contribution in [-0.4, -0.2) is 92.7 Å². The lowest BCUT2D eigenvalue weighted by molar-refractivity contribution is 0.125. The number of likely N-dealkylation sites (N-methyl/N-ethyl adjacent to an activating group) is 1. The molecule has 3 heterocycles. The molecule has 1 aromatic heterocycles. The zero-order valence-corrected chi connectivity index (χ0v) is 20.0. The van der Waals surface area contributed by atoms with E-state index in [0.29, 0.717) is 5.92 Å². The minimum Gasteiger partial charge on any atom is -0.468 e. The molecule has 2 N–H and O–H groups in total. The first-order chi connectivity index (χ1) is 15.2. The third-order valence-electron chi connectivity index (χ3n) is 6.55. The summed E-state index contributed by atoms with van der Waals surface area (Å²) in [5, 5.41) is 7.02. The number of hydrogen-bond donors (Lipinski definition) is 2. The van der Waals surface area contributed by atoms with Crippen LogP contribution < -0.4 is 10.6 Å². The molecule has 0 spiro atoms. The van der Waals surface area contributed by atoms with Crippen molar-refractivity contribution in [1.29, 1.82) is 0 Å². The molecule has 0 aliphatic carbocycles. The van der Waals surface area contributed by atoms with E-state index >= 15 is 0 Å². The van der Waals surface area contributed by atoms with E-state index in [1.165, 1.54) is 52.0 Å². The molecule has 0 saturated carbocycles. The number of piperazine rings is 1. The first-order valence-corrected chi connectivity index (χ1v) is 12.4. The van der Waals surface area contributed by atoms with Crippen LogP contribution in [0, 0.1) is 5.92 Å². The minimum atomic E-state index is 0.256. The maximum absolute atomic E-state index is 5.79. The second kappa shape index (κ2) is 13.1. The number of guanidine groups is 1. The zero-order valence-electron chi connectivity index (χ0n) is 20.0. The van der Waals surface area contributed by atoms with Crippen LogP contribution in [0.3, 0.4) is 0 Å². The van der Waals surface area contributed by atoms with Gasteiger partial charge in [-0.05, 0) is 57.5 Å². The lowest BCUT2D eigenvalue weighted by atomic mass is 10.1. The Morgan fingerprint density at radius 3 is 2.42 bits per heavy atom. The van der Waals surface area contributed by atoms with Gasteiger partial charge in [-0.1, -0.05) is 20.3 Å². The molecule has 31 heavy (non-hydrogen) atoms. The monoisotopic (exact) mass is 432 g/mol. The predicted molar refractivity (Wildman–Crippen MR) is 129 cm³/mol. The van der Waals surface area contributed by atoms with Gasteiger partial charge in [-0.3, -0.25) is 9.89 Å². The fourth-order valence-electron chi connectivity index (χ4n) is 4.69. The van der Waals surface area contributed by atoms with Crippen LogP contribution >= 0.6 is 0 Å². The van der Waals surface area contributed by atoms with Crippen LogP contribution in [0.4, 0.5) is 0 Å². The number of nitrogens with zero attached hydrogens (tertiary/aromatic N) is 4. The van der Waals surface area contributed by atoms with Gasteiger partial charge in [0.25, 0.3) is 0 Å². The Labute approximate surface area is 189 Å². The van der Waals surface area contributed by atoms with Crippen molar-refractivity contribution in [3.05, 3.63) is 24.2 Å². The number of likely N-dealkylation sites (tertiary alicyclic amines) is 1. The maximum Gasteiger partial charge on any atom is 0.191 e. The van der Waals surface area contributed by atoms with Crippen LogP contribution in [0.25, 0.3) is 0 Å². The number of aliphatic imine (C=N–C) groups is 1. The van der Waals surface area contributed by atoms with Gasteiger partial charge in [0.1, 0.15) is 5.76 Å². The molecule has 0 bridgehead atoms. The Morgan fingerprint density at radius 2 is 1.77 bits per heavy atom. The SMILES string of the molecule is CCNC(=NCC(C)CN1CCN(CC)CC1)NCC(c1ccco1)N1CCCCC1. The summed E-state index contributed by atoms with van der Waals surface area (Å²) in [5.74, 6) is 2.51. The van der Waals surface area contributed by atoms with Crippen molar-refractivity contribution in [1.82, 2.24) is 25.3 Å². The molecule has 2 unspecified atom stereocenters. The molecular formula is C24H44N6O. The summed E-state index contributed by atoms with van der Waals surface area (Å²) < 4.78 is 5.79. The van der Waals surface area contributed by atoms with E-state index < -0.39 is 0 Å². The molecule has 2 fully saturated rings. The zero-order chi connectivity index (χ0) is 21.9. The largest absolute Gasteiger partial charge is 0.468 e. The third kappa shape index (κ3) is 7.81. The third-order valence-corrected chi connectivity index (χ3v) is 6.55. The highest BCUT2D eigenvalue weighted by molar-refractivity contribution is 5.79. The summed E-state index contributed by atoms with van der Waals surface area (Å²) in [6, 6.07) is 4.35. The van der Waals surface area contributed by atoms with Gasteiger partial charge in [0, 0.05) is 52.4 Å². The summed E-state index contributed by atoms with van der Waals surface area (Å²) >= 11 is 0. The first-order valence-electron chi connectivity index (χ1n) is 12.4. The van der Waals surface area contributed by atoms with Gasteiger partial charge >= 0.3 is 0 Å². The Balaban J connectivity index is 1.50. The molecule has 7 nitrogen and oxygen atoms in total. The normalized spacial score (nSPS) is 21.7. The number of furan rings is 1. The Hall–Kier alpha value is -1.57. The molecule has 2 aliphatic heterocycles. The summed E-state index contributed by atoms with van der Waals surface area (Å²) in [6.45, 7) is 18.6. The van der Waals surface area contributed by atoms with E-state index in [2.05, 4.69) is 52.2 Å². The second-order valence-electron chi connectivity index (χ2n) is 9.07. The molecule has 3 rings (SSSR count). The average molecular weight is 433 g/mol. The fourth-order valence-corrected chi connectivity index (χ4v) is 4.69. The summed E-state index contributed by atoms with van der Waals surface area (Å²) in [6.07, 6.45) is 5.67. The Kier molecular flexibility index (Phi) is 10.2. The van der Waals surface area contributed by atoms with Crippen molar-refractivity contribution < 1.29 is 4.42 Å². The Morgan fingerprint density at radius 1 is 1.03 bits per heavy atom. The van der Waals surface area contributed by atoms with Gasteiger partial charge in [0.2, 0.25) is 0 Å². The number of hydrogen-bond acceptors (Lipinski definition) is 5. The van der Waals surface area contributed by atoms with Gasteiger partial charge in [0.05, 0.1) is 12.3 Å². The van der Waals surface area contributed by atoms with Gasteiger partial charge in [-0.25, -0.2) is 0 Å². The van der Waals surface area contributed by atoms with Crippen molar-refractivity contribution in [2.24, 2.45) is 10.9 Å². The molecule has 7 heteroatoms. The quantitative estimate of drug-likeness (QED) is 0.438. The Bertz CT molecular complexity index is 620. The fraction of sp³-hybridized carbons (Fsp3) is 0.792. The molecule has 2 saturated heterocycles. The van der Waals surface area contributed by atoms with Crippen LogP contribution in [0.1, 0.15) is 51.8 Å². The van der Waals surface area contributed by atoms with Gasteiger partial charge < -0.3 is 24.9 Å². The van der Waals surface area contributed by atoms with Crippen LogP contribution in [0.15, 0.2) is 27.8 Å². The van der Waals surface area contributed by atoms with Gasteiger partial charge in [-0.15, -0.1) is 0 Å². The van der Waals surface area contributed by atoms with E-state index in [1.807, 2.05) is 6.07 Å². The predicted octanol–water partition coefficient (Wildman–Crippen LogP) is 2.64. The number of piperidine rings is 1. The summed E-state index contributed by atoms with van der Waals surface area (Å²) in [4.78, 5) is 12.6. The van der Waals surface area contributed by atoms with E-state index in [0.717, 1.165) is 51.0 Å². The number of nitrogens with one attached hydrogen (secondary N) is 2. The summed E-state index contributed by atoms with van der Waals surface area (Å²) in [5.41, 5.74) is 0. The highest BCUT2D eigenvalue weighted by Gasteiger charge is 2.24. The van der Waals surface area contributed by atoms with Crippen LogP contribution in [0.2, 0.25) is 0 Å². The maximum atomic E-state index is 5.79. The van der Waals surface area contributed by atoms with Crippen LogP contribution in [0.5, 0.6) is 0 Å². The lowest BCUT2D eigenvalue weighted by Gasteiger charge is -2.35. The molecule has 1 aromatic rings. The lowest BCUT2D eigenvalue weighted by Crippen LogP contribution is -2.47. The number of rotatable bonds is 10. The highest BCUT2D eigenvalue weighted by Crippen LogP contribution is 2.24. The molecule has 0 aromatic carbocycles. The van der Waals surface area contributed by atoms with E-state index in [9.17, 15) is 0 Å².